The van der Waals surface area contributed by atoms with Gasteiger partial charge in [-0.05, 0) is 19.3 Å². The van der Waals surface area contributed by atoms with Crippen LogP contribution in [-0.4, -0.2) is 28.9 Å². The number of carbonyl (C=O) groups is 1. The summed E-state index contributed by atoms with van der Waals surface area (Å²) in [6, 6.07) is 0. The number of halogens is 1. The van der Waals surface area contributed by atoms with Crippen molar-refractivity contribution in [3.63, 3.8) is 0 Å². The minimum absolute atomic E-state index is 0.00585. The van der Waals surface area contributed by atoms with Crippen LogP contribution in [0.1, 0.15) is 29.6 Å². The summed E-state index contributed by atoms with van der Waals surface area (Å²) in [5.74, 6) is 0.00585. The highest BCUT2D eigenvalue weighted by molar-refractivity contribution is 7.10. The van der Waals surface area contributed by atoms with Crippen LogP contribution in [0.5, 0.6) is 0 Å². The first kappa shape index (κ1) is 10.9. The number of alkyl halides is 1. The van der Waals surface area contributed by atoms with E-state index in [0.29, 0.717) is 5.01 Å². The van der Waals surface area contributed by atoms with E-state index in [-0.39, 0.29) is 5.91 Å². The molecule has 1 aromatic rings. The van der Waals surface area contributed by atoms with E-state index < -0.39 is 5.38 Å². The first-order chi connectivity index (χ1) is 7.29. The molecule has 1 aliphatic rings. The molecule has 1 aromatic heterocycles. The van der Waals surface area contributed by atoms with Crippen LogP contribution in [0.2, 0.25) is 0 Å². The number of thiazole rings is 1. The van der Waals surface area contributed by atoms with Crippen molar-refractivity contribution in [2.45, 2.75) is 24.6 Å². The summed E-state index contributed by atoms with van der Waals surface area (Å²) >= 11 is 7.52. The number of amides is 1. The molecule has 2 heterocycles. The number of nitrogens with zero attached hydrogens (tertiary/aromatic N) is 2. The molecule has 0 N–H and O–H groups in total. The molecule has 1 amide bonds. The fourth-order valence-corrected chi connectivity index (χ4v) is 2.69. The van der Waals surface area contributed by atoms with Crippen molar-refractivity contribution in [3.8, 4) is 0 Å². The predicted octanol–water partition coefficient (Wildman–Crippen LogP) is 2.44. The van der Waals surface area contributed by atoms with Crippen LogP contribution in [0.25, 0.3) is 0 Å². The van der Waals surface area contributed by atoms with Crippen molar-refractivity contribution in [1.82, 2.24) is 9.88 Å². The van der Waals surface area contributed by atoms with Crippen LogP contribution >= 0.6 is 22.9 Å². The number of hydrogen-bond donors (Lipinski definition) is 0. The van der Waals surface area contributed by atoms with Crippen molar-refractivity contribution >= 4 is 28.8 Å². The van der Waals surface area contributed by atoms with Gasteiger partial charge in [-0.25, -0.2) is 4.98 Å². The normalized spacial score (nSPS) is 18.9. The highest BCUT2D eigenvalue weighted by Crippen LogP contribution is 2.26. The highest BCUT2D eigenvalue weighted by atomic mass is 35.5. The van der Waals surface area contributed by atoms with Gasteiger partial charge in [0.25, 0.3) is 0 Å². The molecule has 0 aromatic carbocycles. The van der Waals surface area contributed by atoms with Gasteiger partial charge < -0.3 is 4.90 Å². The number of aromatic nitrogens is 1. The Bertz CT molecular complexity index is 322. The molecule has 82 valence electrons. The summed E-state index contributed by atoms with van der Waals surface area (Å²) in [6.07, 6.45) is 5.08. The van der Waals surface area contributed by atoms with E-state index in [1.807, 2.05) is 10.3 Å². The summed E-state index contributed by atoms with van der Waals surface area (Å²) < 4.78 is 0. The van der Waals surface area contributed by atoms with Crippen molar-refractivity contribution in [2.75, 3.05) is 13.1 Å². The minimum Gasteiger partial charge on any atom is -0.341 e. The molecule has 5 heteroatoms. The molecule has 2 rings (SSSR count). The number of hydrogen-bond acceptors (Lipinski definition) is 3. The number of carbonyl (C=O) groups excluding carboxylic acids is 1. The number of piperidine rings is 1. The van der Waals surface area contributed by atoms with Gasteiger partial charge in [-0.1, -0.05) is 0 Å². The Morgan fingerprint density at radius 1 is 1.47 bits per heavy atom. The Labute approximate surface area is 98.1 Å². The maximum atomic E-state index is 12.0. The molecule has 1 aliphatic heterocycles. The van der Waals surface area contributed by atoms with Crippen molar-refractivity contribution in [3.05, 3.63) is 16.6 Å². The largest absolute Gasteiger partial charge is 0.341 e. The standard InChI is InChI=1S/C10H13ClN2OS/c11-8(9-12-4-7-15-9)10(14)13-5-2-1-3-6-13/h4,7-8H,1-3,5-6H2. The Kier molecular flexibility index (Phi) is 3.59. The molecule has 0 spiro atoms. The van der Waals surface area contributed by atoms with E-state index in [1.165, 1.54) is 17.8 Å². The topological polar surface area (TPSA) is 33.2 Å². The first-order valence-electron chi connectivity index (χ1n) is 5.11. The van der Waals surface area contributed by atoms with Gasteiger partial charge in [0, 0.05) is 24.7 Å². The molecule has 0 radical (unpaired) electrons. The van der Waals surface area contributed by atoms with Gasteiger partial charge >= 0.3 is 0 Å². The lowest BCUT2D eigenvalue weighted by Gasteiger charge is -2.27. The molecule has 0 bridgehead atoms. The van der Waals surface area contributed by atoms with Crippen LogP contribution in [0, 0.1) is 0 Å². The number of likely N-dealkylation sites (tertiary alicyclic amines) is 1. The second-order valence-electron chi connectivity index (χ2n) is 3.62. The van der Waals surface area contributed by atoms with Gasteiger partial charge in [-0.2, -0.15) is 0 Å². The monoisotopic (exact) mass is 244 g/mol. The molecule has 15 heavy (non-hydrogen) atoms. The van der Waals surface area contributed by atoms with Crippen molar-refractivity contribution in [1.29, 1.82) is 0 Å². The predicted molar refractivity (Wildman–Crippen MR) is 61.1 cm³/mol. The lowest BCUT2D eigenvalue weighted by molar-refractivity contribution is -0.131. The Hall–Kier alpha value is -0.610. The third kappa shape index (κ3) is 2.49. The smallest absolute Gasteiger partial charge is 0.247 e. The van der Waals surface area contributed by atoms with Crippen LogP contribution in [0.3, 0.4) is 0 Å². The van der Waals surface area contributed by atoms with Gasteiger partial charge in [0.05, 0.1) is 0 Å². The Balaban J connectivity index is 2.00. The van der Waals surface area contributed by atoms with Gasteiger partial charge in [0.1, 0.15) is 5.01 Å². The third-order valence-corrected chi connectivity index (χ3v) is 3.92. The van der Waals surface area contributed by atoms with E-state index in [4.69, 9.17) is 11.6 Å². The van der Waals surface area contributed by atoms with Gasteiger partial charge in [0.15, 0.2) is 5.38 Å². The minimum atomic E-state index is -0.594. The molecule has 1 saturated heterocycles. The van der Waals surface area contributed by atoms with Gasteiger partial charge in [-0.15, -0.1) is 22.9 Å². The van der Waals surface area contributed by atoms with Crippen LogP contribution in [0.15, 0.2) is 11.6 Å². The fourth-order valence-electron chi connectivity index (χ4n) is 1.74. The molecule has 3 nitrogen and oxygen atoms in total. The Morgan fingerprint density at radius 2 is 2.20 bits per heavy atom. The molecule has 0 aliphatic carbocycles. The number of rotatable bonds is 2. The summed E-state index contributed by atoms with van der Waals surface area (Å²) in [5, 5.41) is 1.95. The zero-order valence-corrected chi connectivity index (χ0v) is 9.93. The molecule has 1 fully saturated rings. The van der Waals surface area contributed by atoms with Crippen LogP contribution in [0.4, 0.5) is 0 Å². The van der Waals surface area contributed by atoms with Crippen LogP contribution < -0.4 is 0 Å². The first-order valence-corrected chi connectivity index (χ1v) is 6.43. The van der Waals surface area contributed by atoms with E-state index in [2.05, 4.69) is 4.98 Å². The molecular weight excluding hydrogens is 232 g/mol. The zero-order valence-electron chi connectivity index (χ0n) is 8.36. The molecular formula is C10H13ClN2OS. The maximum Gasteiger partial charge on any atom is 0.247 e. The fraction of sp³-hybridized carbons (Fsp3) is 0.600. The SMILES string of the molecule is O=C(C(Cl)c1nccs1)N1CCCCC1. The van der Waals surface area contributed by atoms with Gasteiger partial charge in [-0.3, -0.25) is 4.79 Å². The summed E-state index contributed by atoms with van der Waals surface area (Å²) in [7, 11) is 0. The van der Waals surface area contributed by atoms with E-state index in [9.17, 15) is 4.79 Å². The molecule has 1 atom stereocenters. The van der Waals surface area contributed by atoms with E-state index >= 15 is 0 Å². The zero-order chi connectivity index (χ0) is 10.7. The average Bonchev–Trinajstić information content (AvgIpc) is 2.82. The van der Waals surface area contributed by atoms with Crippen molar-refractivity contribution in [2.24, 2.45) is 0 Å². The quantitative estimate of drug-likeness (QED) is 0.749. The van der Waals surface area contributed by atoms with Gasteiger partial charge in [0.2, 0.25) is 5.91 Å². The second-order valence-corrected chi connectivity index (χ2v) is 4.98. The second kappa shape index (κ2) is 4.94. The van der Waals surface area contributed by atoms with Crippen molar-refractivity contribution < 1.29 is 4.79 Å². The average molecular weight is 245 g/mol. The molecule has 1 unspecified atom stereocenters. The Morgan fingerprint density at radius 3 is 2.80 bits per heavy atom. The lowest BCUT2D eigenvalue weighted by Crippen LogP contribution is -2.37. The van der Waals surface area contributed by atoms with E-state index in [0.717, 1.165) is 25.9 Å². The molecule has 0 saturated carbocycles. The maximum absolute atomic E-state index is 12.0. The van der Waals surface area contributed by atoms with E-state index in [1.54, 1.807) is 6.20 Å². The summed E-state index contributed by atoms with van der Waals surface area (Å²) in [6.45, 7) is 1.68. The summed E-state index contributed by atoms with van der Waals surface area (Å²) in [4.78, 5) is 17.9. The highest BCUT2D eigenvalue weighted by Gasteiger charge is 2.26. The lowest BCUT2D eigenvalue weighted by atomic mass is 10.1. The van der Waals surface area contributed by atoms with Crippen LogP contribution in [-0.2, 0) is 4.79 Å². The third-order valence-electron chi connectivity index (χ3n) is 2.55. The summed E-state index contributed by atoms with van der Waals surface area (Å²) in [5.41, 5.74) is 0.